The summed E-state index contributed by atoms with van der Waals surface area (Å²) in [6.07, 6.45) is 0. The monoisotopic (exact) mass is 414 g/mol. The average Bonchev–Trinajstić information content (AvgIpc) is 1.99. The van der Waals surface area contributed by atoms with E-state index in [0.717, 1.165) is 6.07 Å². The second kappa shape index (κ2) is 4.67. The minimum absolute atomic E-state index is 0.131. The fourth-order valence-electron chi connectivity index (χ4n) is 0.691. The number of benzene rings is 1. The quantitative estimate of drug-likeness (QED) is 0.531. The third kappa shape index (κ3) is 3.15. The molecule has 1 aromatic rings. The molecule has 1 nitrogen and oxygen atoms in total. The molecule has 0 saturated carbocycles. The van der Waals surface area contributed by atoms with Gasteiger partial charge in [0.2, 0.25) is 0 Å². The summed E-state index contributed by atoms with van der Waals surface area (Å²) in [7, 11) is 0. The maximum atomic E-state index is 12.9. The van der Waals surface area contributed by atoms with Gasteiger partial charge in [-0.15, -0.1) is 0 Å². The van der Waals surface area contributed by atoms with Crippen LogP contribution in [0.25, 0.3) is 0 Å². The molecule has 0 fully saturated rings. The molecule has 0 aromatic heterocycles. The molecule has 0 saturated heterocycles. The van der Waals surface area contributed by atoms with Crippen LogP contribution < -0.4 is 4.74 Å². The van der Waals surface area contributed by atoms with Gasteiger partial charge in [-0.25, -0.2) is 4.39 Å². The van der Waals surface area contributed by atoms with Gasteiger partial charge >= 0.3 is 6.61 Å². The molecule has 0 spiro atoms. The first-order valence-electron chi connectivity index (χ1n) is 3.10. The lowest BCUT2D eigenvalue weighted by molar-refractivity contribution is -0.0505. The smallest absolute Gasteiger partial charge is 0.387 e. The van der Waals surface area contributed by atoms with Crippen molar-refractivity contribution in [3.63, 3.8) is 0 Å². The zero-order valence-corrected chi connectivity index (χ0v) is 10.3. The van der Waals surface area contributed by atoms with E-state index in [9.17, 15) is 13.2 Å². The topological polar surface area (TPSA) is 9.23 Å². The van der Waals surface area contributed by atoms with E-state index in [2.05, 4.69) is 4.74 Å². The summed E-state index contributed by atoms with van der Waals surface area (Å²) in [4.78, 5) is 0. The number of hydrogen-bond acceptors (Lipinski definition) is 1. The molecule has 72 valence electrons. The van der Waals surface area contributed by atoms with Crippen molar-refractivity contribution in [2.45, 2.75) is 6.61 Å². The van der Waals surface area contributed by atoms with Gasteiger partial charge in [-0.2, -0.15) is 8.78 Å². The predicted octanol–water partition coefficient (Wildman–Crippen LogP) is 3.64. The Bertz CT molecular complexity index is 317. The van der Waals surface area contributed by atoms with Crippen molar-refractivity contribution < 1.29 is 17.9 Å². The maximum absolute atomic E-state index is 12.9. The van der Waals surface area contributed by atoms with Gasteiger partial charge in [0.1, 0.15) is 11.6 Å². The van der Waals surface area contributed by atoms with Crippen molar-refractivity contribution in [2.24, 2.45) is 0 Å². The molecule has 0 aliphatic carbocycles. The van der Waals surface area contributed by atoms with Crippen molar-refractivity contribution in [3.05, 3.63) is 25.1 Å². The Balaban J connectivity index is 3.01. The van der Waals surface area contributed by atoms with Crippen LogP contribution in [0.1, 0.15) is 0 Å². The zero-order chi connectivity index (χ0) is 10.0. The van der Waals surface area contributed by atoms with Gasteiger partial charge in [0, 0.05) is 6.07 Å². The molecule has 0 N–H and O–H groups in total. The summed E-state index contributed by atoms with van der Waals surface area (Å²) in [5.41, 5.74) is 0. The summed E-state index contributed by atoms with van der Waals surface area (Å²) >= 11 is 3.58. The van der Waals surface area contributed by atoms with Crippen LogP contribution >= 0.6 is 45.2 Å². The van der Waals surface area contributed by atoms with E-state index in [-0.39, 0.29) is 5.75 Å². The van der Waals surface area contributed by atoms with Crippen LogP contribution in [0.4, 0.5) is 13.2 Å². The Hall–Kier alpha value is 0.270. The SMILES string of the molecule is Fc1cc(OC(F)F)c(I)cc1I. The molecule has 6 heteroatoms. The normalized spacial score (nSPS) is 10.6. The van der Waals surface area contributed by atoms with Gasteiger partial charge in [0.25, 0.3) is 0 Å². The first-order valence-corrected chi connectivity index (χ1v) is 5.26. The molecule has 0 amide bonds. The molecule has 0 aliphatic heterocycles. The highest BCUT2D eigenvalue weighted by Crippen LogP contribution is 2.26. The number of rotatable bonds is 2. The standard InChI is InChI=1S/C7H3F3I2O/c8-3-1-6(13-7(9)10)5(12)2-4(3)11/h1-2,7H. The molecular weight excluding hydrogens is 411 g/mol. The second-order valence-electron chi connectivity index (χ2n) is 2.08. The van der Waals surface area contributed by atoms with E-state index >= 15 is 0 Å². The lowest BCUT2D eigenvalue weighted by atomic mass is 10.3. The first-order chi connectivity index (χ1) is 6.00. The van der Waals surface area contributed by atoms with Gasteiger partial charge in [-0.1, -0.05) is 0 Å². The fourth-order valence-corrected chi connectivity index (χ4v) is 2.35. The molecule has 0 radical (unpaired) electrons. The molecule has 0 aliphatic rings. The summed E-state index contributed by atoms with van der Waals surface area (Å²) in [6.45, 7) is -2.92. The molecule has 0 unspecified atom stereocenters. The van der Waals surface area contributed by atoms with E-state index in [0.29, 0.717) is 7.14 Å². The van der Waals surface area contributed by atoms with Crippen LogP contribution in [0.2, 0.25) is 0 Å². The highest BCUT2D eigenvalue weighted by atomic mass is 127. The predicted molar refractivity (Wildman–Crippen MR) is 58.5 cm³/mol. The average molecular weight is 414 g/mol. The molecule has 0 atom stereocenters. The van der Waals surface area contributed by atoms with Crippen LogP contribution in [0.15, 0.2) is 12.1 Å². The molecule has 0 bridgehead atoms. The Morgan fingerprint density at radius 2 is 1.77 bits per heavy atom. The van der Waals surface area contributed by atoms with Gasteiger partial charge in [-0.3, -0.25) is 0 Å². The highest BCUT2D eigenvalue weighted by Gasteiger charge is 2.11. The zero-order valence-electron chi connectivity index (χ0n) is 6.03. The summed E-state index contributed by atoms with van der Waals surface area (Å²) in [5, 5.41) is 0. The molecule has 1 rings (SSSR count). The molecule has 13 heavy (non-hydrogen) atoms. The Morgan fingerprint density at radius 1 is 1.15 bits per heavy atom. The van der Waals surface area contributed by atoms with E-state index < -0.39 is 12.4 Å². The lowest BCUT2D eigenvalue weighted by Crippen LogP contribution is -2.04. The van der Waals surface area contributed by atoms with Crippen LogP contribution in [-0.2, 0) is 0 Å². The van der Waals surface area contributed by atoms with E-state index in [1.165, 1.54) is 6.07 Å². The number of ether oxygens (including phenoxy) is 1. The second-order valence-corrected chi connectivity index (χ2v) is 4.40. The van der Waals surface area contributed by atoms with E-state index in [4.69, 9.17) is 0 Å². The molecule has 1 aromatic carbocycles. The summed E-state index contributed by atoms with van der Waals surface area (Å²) < 4.78 is 41.4. The van der Waals surface area contributed by atoms with Crippen molar-refractivity contribution in [2.75, 3.05) is 0 Å². The third-order valence-corrected chi connectivity index (χ3v) is 2.86. The fraction of sp³-hybridized carbons (Fsp3) is 0.143. The summed E-state index contributed by atoms with van der Waals surface area (Å²) in [5.74, 6) is -0.690. The highest BCUT2D eigenvalue weighted by molar-refractivity contribution is 14.1. The Labute approximate surface area is 99.9 Å². The molecule has 0 heterocycles. The Morgan fingerprint density at radius 3 is 2.31 bits per heavy atom. The van der Waals surface area contributed by atoms with Crippen molar-refractivity contribution >= 4 is 45.2 Å². The van der Waals surface area contributed by atoms with Gasteiger partial charge in [0.05, 0.1) is 7.14 Å². The maximum Gasteiger partial charge on any atom is 0.387 e. The van der Waals surface area contributed by atoms with Crippen LogP contribution in [0.5, 0.6) is 5.75 Å². The van der Waals surface area contributed by atoms with Crippen LogP contribution in [0.3, 0.4) is 0 Å². The summed E-state index contributed by atoms with van der Waals surface area (Å²) in [6, 6.07) is 2.39. The van der Waals surface area contributed by atoms with Crippen molar-refractivity contribution in [1.29, 1.82) is 0 Å². The van der Waals surface area contributed by atoms with Crippen LogP contribution in [-0.4, -0.2) is 6.61 Å². The number of alkyl halides is 2. The number of hydrogen-bond donors (Lipinski definition) is 0. The van der Waals surface area contributed by atoms with Gasteiger partial charge < -0.3 is 4.74 Å². The Kier molecular flexibility index (Phi) is 4.07. The van der Waals surface area contributed by atoms with Gasteiger partial charge in [0.15, 0.2) is 0 Å². The van der Waals surface area contributed by atoms with E-state index in [1.54, 1.807) is 45.2 Å². The van der Waals surface area contributed by atoms with Gasteiger partial charge in [-0.05, 0) is 51.2 Å². The minimum Gasteiger partial charge on any atom is -0.434 e. The first kappa shape index (κ1) is 11.3. The lowest BCUT2D eigenvalue weighted by Gasteiger charge is -2.07. The molecular formula is C7H3F3I2O. The third-order valence-electron chi connectivity index (χ3n) is 1.19. The van der Waals surface area contributed by atoms with Crippen LogP contribution in [0, 0.1) is 13.0 Å². The largest absolute Gasteiger partial charge is 0.434 e. The minimum atomic E-state index is -2.92. The van der Waals surface area contributed by atoms with Crippen molar-refractivity contribution in [3.8, 4) is 5.75 Å². The van der Waals surface area contributed by atoms with E-state index in [1.807, 2.05) is 0 Å². The number of halogens is 5. The van der Waals surface area contributed by atoms with Crippen molar-refractivity contribution in [1.82, 2.24) is 0 Å².